The monoisotopic (exact) mass is 510 g/mol. The van der Waals surface area contributed by atoms with Gasteiger partial charge in [-0.3, -0.25) is 9.36 Å². The lowest BCUT2D eigenvalue weighted by Gasteiger charge is -2.42. The van der Waals surface area contributed by atoms with Crippen molar-refractivity contribution in [3.63, 3.8) is 0 Å². The smallest absolute Gasteiger partial charge is 0.412 e. The van der Waals surface area contributed by atoms with Gasteiger partial charge in [0.2, 0.25) is 6.23 Å². The van der Waals surface area contributed by atoms with Crippen LogP contribution in [0.4, 0.5) is 4.79 Å². The second-order valence-corrected chi connectivity index (χ2v) is 15.1. The number of hydrogen-bond donors (Lipinski definition) is 0. The van der Waals surface area contributed by atoms with Crippen LogP contribution in [-0.4, -0.2) is 58.8 Å². The summed E-state index contributed by atoms with van der Waals surface area (Å²) in [6.45, 7) is 13.5. The third kappa shape index (κ3) is 5.18. The second-order valence-electron chi connectivity index (χ2n) is 9.56. The van der Waals surface area contributed by atoms with Gasteiger partial charge in [-0.2, -0.15) is 0 Å². The molecule has 0 spiro atoms. The average molecular weight is 511 g/mol. The van der Waals surface area contributed by atoms with E-state index in [4.69, 9.17) is 9.16 Å². The van der Waals surface area contributed by atoms with Crippen LogP contribution < -0.4 is 0 Å². The summed E-state index contributed by atoms with van der Waals surface area (Å²) in [5.41, 5.74) is 1.26. The molecule has 1 aliphatic rings. The van der Waals surface area contributed by atoms with Gasteiger partial charge in [-0.05, 0) is 53.0 Å². The molecule has 0 aliphatic carbocycles. The number of likely N-dealkylation sites (tertiary alicyclic amines) is 1. The highest BCUT2D eigenvalue weighted by Crippen LogP contribution is 2.38. The zero-order valence-corrected chi connectivity index (χ0v) is 21.6. The molecule has 0 bridgehead atoms. The number of rotatable bonds is 5. The lowest BCUT2D eigenvalue weighted by atomic mass is 10.1. The van der Waals surface area contributed by atoms with Crippen molar-refractivity contribution in [2.24, 2.45) is 0 Å². The molecule has 2 aromatic rings. The molecule has 2 atom stereocenters. The summed E-state index contributed by atoms with van der Waals surface area (Å²) >= 11 is 3.36. The number of Topliss-reactive ketones (excluding diaryl/α,β-unsaturated/α-hetero) is 1. The van der Waals surface area contributed by atoms with Crippen LogP contribution in [-0.2, 0) is 14.0 Å². The Hall–Kier alpha value is -1.78. The van der Waals surface area contributed by atoms with Crippen LogP contribution in [0.1, 0.15) is 46.8 Å². The lowest BCUT2D eigenvalue weighted by molar-refractivity contribution is -0.130. The summed E-state index contributed by atoms with van der Waals surface area (Å²) in [7, 11) is -1.94. The maximum atomic E-state index is 13.0. The maximum Gasteiger partial charge on any atom is 0.412 e. The highest BCUT2D eigenvalue weighted by atomic mass is 79.9. The van der Waals surface area contributed by atoms with Gasteiger partial charge >= 0.3 is 6.09 Å². The zero-order chi connectivity index (χ0) is 23.0. The third-order valence-electron chi connectivity index (χ3n) is 6.16. The van der Waals surface area contributed by atoms with Crippen LogP contribution >= 0.6 is 15.9 Å². The van der Waals surface area contributed by atoms with E-state index >= 15 is 0 Å². The van der Waals surface area contributed by atoms with Gasteiger partial charge in [-0.1, -0.05) is 20.8 Å². The molecule has 1 saturated heterocycles. The predicted octanol–water partition coefficient (Wildman–Crippen LogP) is 4.90. The molecule has 31 heavy (non-hydrogen) atoms. The Morgan fingerprint density at radius 1 is 1.29 bits per heavy atom. The van der Waals surface area contributed by atoms with Gasteiger partial charge in [0.05, 0.1) is 17.9 Å². The Morgan fingerprint density at radius 2 is 2.00 bits per heavy atom. The van der Waals surface area contributed by atoms with E-state index in [2.05, 4.69) is 59.8 Å². The molecule has 170 valence electrons. The Morgan fingerprint density at radius 3 is 2.65 bits per heavy atom. The Kier molecular flexibility index (Phi) is 6.92. The van der Waals surface area contributed by atoms with E-state index in [1.807, 2.05) is 0 Å². The normalized spacial score (nSPS) is 18.8. The van der Waals surface area contributed by atoms with Crippen molar-refractivity contribution in [1.29, 1.82) is 0 Å². The summed E-state index contributed by atoms with van der Waals surface area (Å²) in [5.74, 6) is -0.285. The number of ketones is 1. The summed E-state index contributed by atoms with van der Waals surface area (Å²) < 4.78 is 14.3. The van der Waals surface area contributed by atoms with Gasteiger partial charge in [0.15, 0.2) is 14.1 Å². The van der Waals surface area contributed by atoms with Crippen molar-refractivity contribution >= 4 is 47.2 Å². The number of carbonyl (C=O) groups excluding carboxylic acids is 2. The molecule has 1 aliphatic heterocycles. The Balaban J connectivity index is 1.74. The fourth-order valence-corrected chi connectivity index (χ4v) is 5.22. The number of amides is 1. The third-order valence-corrected chi connectivity index (χ3v) is 11.3. The first kappa shape index (κ1) is 23.9. The molecule has 1 unspecified atom stereocenters. The number of hydrogen-bond acceptors (Lipinski definition) is 6. The van der Waals surface area contributed by atoms with Crippen LogP contribution in [0, 0.1) is 0 Å². The van der Waals surface area contributed by atoms with Crippen LogP contribution in [0.2, 0.25) is 18.1 Å². The molecule has 0 aromatic carbocycles. The van der Waals surface area contributed by atoms with Crippen LogP contribution in [0.5, 0.6) is 0 Å². The first-order chi connectivity index (χ1) is 14.4. The van der Waals surface area contributed by atoms with E-state index in [1.165, 1.54) is 13.3 Å². The van der Waals surface area contributed by atoms with E-state index in [0.717, 1.165) is 12.8 Å². The van der Waals surface area contributed by atoms with Crippen molar-refractivity contribution in [2.45, 2.75) is 71.0 Å². The fourth-order valence-electron chi connectivity index (χ4n) is 3.42. The van der Waals surface area contributed by atoms with E-state index in [1.54, 1.807) is 21.7 Å². The molecule has 0 saturated carbocycles. The molecule has 8 nitrogen and oxygen atoms in total. The molecule has 0 N–H and O–H groups in total. The number of ether oxygens (including phenoxy) is 1. The summed E-state index contributed by atoms with van der Waals surface area (Å²) in [6, 6.07) is 1.74. The van der Waals surface area contributed by atoms with E-state index < -0.39 is 20.6 Å². The van der Waals surface area contributed by atoms with Gasteiger partial charge in [-0.25, -0.2) is 14.8 Å². The molecular weight excluding hydrogens is 480 g/mol. The van der Waals surface area contributed by atoms with Crippen molar-refractivity contribution in [3.05, 3.63) is 23.2 Å². The van der Waals surface area contributed by atoms with Crippen molar-refractivity contribution < 1.29 is 18.8 Å². The van der Waals surface area contributed by atoms with Crippen LogP contribution in [0.3, 0.4) is 0 Å². The first-order valence-electron chi connectivity index (χ1n) is 10.5. The zero-order valence-electron chi connectivity index (χ0n) is 19.0. The Labute approximate surface area is 192 Å². The maximum absolute atomic E-state index is 13.0. The molecule has 3 heterocycles. The van der Waals surface area contributed by atoms with Crippen molar-refractivity contribution in [1.82, 2.24) is 19.4 Å². The second kappa shape index (κ2) is 8.99. The molecule has 10 heteroatoms. The van der Waals surface area contributed by atoms with Crippen molar-refractivity contribution in [2.75, 3.05) is 13.1 Å². The van der Waals surface area contributed by atoms with Gasteiger partial charge in [-0.15, -0.1) is 0 Å². The number of carbonyl (C=O) groups is 2. The van der Waals surface area contributed by atoms with Gasteiger partial charge in [0.1, 0.15) is 10.1 Å². The minimum absolute atomic E-state index is 0.0194. The molecule has 2 aromatic heterocycles. The minimum Gasteiger partial charge on any atom is -0.417 e. The fraction of sp³-hybridized carbons (Fsp3) is 0.619. The molecular formula is C21H31BrN4O4Si. The van der Waals surface area contributed by atoms with Gasteiger partial charge in [0.25, 0.3) is 0 Å². The SMILES string of the molecule is CC(=O)[C@H](OC(=O)N1CCCC(O[Si](C)(C)C(C)(C)C)C1)n1cnc2c(Br)nccc21. The number of nitrogens with zero attached hydrogens (tertiary/aromatic N) is 4. The predicted molar refractivity (Wildman–Crippen MR) is 124 cm³/mol. The van der Waals surface area contributed by atoms with E-state index in [-0.39, 0.29) is 16.9 Å². The number of imidazole rings is 1. The molecule has 1 fully saturated rings. The van der Waals surface area contributed by atoms with Crippen LogP contribution in [0.25, 0.3) is 11.0 Å². The van der Waals surface area contributed by atoms with Gasteiger partial charge < -0.3 is 14.1 Å². The minimum atomic E-state index is -1.94. The summed E-state index contributed by atoms with van der Waals surface area (Å²) in [5, 5.41) is 0.0983. The number of pyridine rings is 1. The largest absolute Gasteiger partial charge is 0.417 e. The summed E-state index contributed by atoms with van der Waals surface area (Å²) in [4.78, 5) is 35.4. The van der Waals surface area contributed by atoms with E-state index in [9.17, 15) is 9.59 Å². The number of fused-ring (bicyclic) bond motifs is 1. The standard InChI is InChI=1S/C21H31BrN4O4Si/c1-14(27)19(26-13-24-17-16(26)9-10-23-18(17)22)29-20(28)25-11-7-8-15(12-25)30-31(5,6)21(2,3)4/h9-10,13,15,19H,7-8,11-12H2,1-6H3/t15?,19-/m0/s1. The average Bonchev–Trinajstić information content (AvgIpc) is 3.10. The number of halogens is 1. The summed E-state index contributed by atoms with van der Waals surface area (Å²) in [6.07, 6.45) is 3.24. The topological polar surface area (TPSA) is 86.5 Å². The van der Waals surface area contributed by atoms with Crippen LogP contribution in [0.15, 0.2) is 23.2 Å². The van der Waals surface area contributed by atoms with E-state index in [0.29, 0.717) is 28.7 Å². The quantitative estimate of drug-likeness (QED) is 0.419. The first-order valence-corrected chi connectivity index (χ1v) is 14.2. The van der Waals surface area contributed by atoms with Gasteiger partial charge in [0, 0.05) is 26.2 Å². The number of piperidine rings is 1. The highest BCUT2D eigenvalue weighted by Gasteiger charge is 2.40. The van der Waals surface area contributed by atoms with Crippen molar-refractivity contribution in [3.8, 4) is 0 Å². The number of aromatic nitrogens is 3. The highest BCUT2D eigenvalue weighted by molar-refractivity contribution is 9.10. The Bertz CT molecular complexity index is 972. The molecule has 1 amide bonds. The molecule has 0 radical (unpaired) electrons. The lowest BCUT2D eigenvalue weighted by Crippen LogP contribution is -2.50. The molecule has 3 rings (SSSR count).